The third-order valence-corrected chi connectivity index (χ3v) is 6.68. The number of ether oxygens (including phenoxy) is 1. The van der Waals surface area contributed by atoms with Crippen LogP contribution in [0.25, 0.3) is 0 Å². The Morgan fingerprint density at radius 2 is 1.59 bits per heavy atom. The van der Waals surface area contributed by atoms with E-state index in [1.807, 2.05) is 0 Å². The molecule has 0 bridgehead atoms. The van der Waals surface area contributed by atoms with Crippen molar-refractivity contribution in [3.8, 4) is 11.5 Å². The van der Waals surface area contributed by atoms with Crippen LogP contribution in [0.15, 0.2) is 59.5 Å². The molecule has 0 spiro atoms. The zero-order valence-corrected chi connectivity index (χ0v) is 18.5. The van der Waals surface area contributed by atoms with Crippen molar-refractivity contribution in [2.45, 2.75) is 11.4 Å². The van der Waals surface area contributed by atoms with Gasteiger partial charge >= 0.3 is 0 Å². The summed E-state index contributed by atoms with van der Waals surface area (Å²) >= 11 is 23.7. The summed E-state index contributed by atoms with van der Waals surface area (Å²) in [5, 5.41) is 0.977. The van der Waals surface area contributed by atoms with Crippen LogP contribution in [-0.4, -0.2) is 8.42 Å². The van der Waals surface area contributed by atoms with E-state index in [4.69, 9.17) is 56.9 Å². The van der Waals surface area contributed by atoms with Gasteiger partial charge in [0.05, 0.1) is 20.8 Å². The fourth-order valence-electron chi connectivity index (χ4n) is 2.51. The molecule has 0 unspecified atom stereocenters. The van der Waals surface area contributed by atoms with Crippen molar-refractivity contribution in [1.29, 1.82) is 0 Å². The van der Waals surface area contributed by atoms with Crippen molar-refractivity contribution in [3.05, 3.63) is 80.3 Å². The zero-order valence-electron chi connectivity index (χ0n) is 14.6. The summed E-state index contributed by atoms with van der Waals surface area (Å²) in [6.07, 6.45) is 0. The molecule has 3 rings (SSSR count). The number of hydrogen-bond donors (Lipinski definition) is 2. The summed E-state index contributed by atoms with van der Waals surface area (Å²) in [7, 11) is -3.96. The Morgan fingerprint density at radius 3 is 2.28 bits per heavy atom. The van der Waals surface area contributed by atoms with E-state index in [1.54, 1.807) is 42.5 Å². The SMILES string of the molecule is Nc1cc(Cl)cc(Cl)c1S(=O)(=O)NCc1cccc(Oc2ccc(Cl)c(Cl)c2)c1. The van der Waals surface area contributed by atoms with Crippen molar-refractivity contribution >= 4 is 62.1 Å². The standard InChI is InChI=1S/C19H14Cl4N2O3S/c20-12-7-17(23)19(18(24)8-12)29(26,27)25-10-11-2-1-3-13(6-11)28-14-4-5-15(21)16(22)9-14/h1-9,25H,10,24H2. The summed E-state index contributed by atoms with van der Waals surface area (Å²) in [5.74, 6) is 1.00. The lowest BCUT2D eigenvalue weighted by Gasteiger charge is -2.12. The molecule has 3 aromatic rings. The lowest BCUT2D eigenvalue weighted by Crippen LogP contribution is -2.24. The highest BCUT2D eigenvalue weighted by Gasteiger charge is 2.21. The maximum absolute atomic E-state index is 12.6. The van der Waals surface area contributed by atoms with Gasteiger partial charge in [-0.3, -0.25) is 0 Å². The Hall–Kier alpha value is -1.67. The van der Waals surface area contributed by atoms with Crippen LogP contribution >= 0.6 is 46.4 Å². The van der Waals surface area contributed by atoms with Crippen molar-refractivity contribution in [2.75, 3.05) is 5.73 Å². The molecule has 152 valence electrons. The van der Waals surface area contributed by atoms with Crippen molar-refractivity contribution in [1.82, 2.24) is 4.72 Å². The first-order valence-electron chi connectivity index (χ1n) is 8.12. The molecule has 0 aliphatic rings. The summed E-state index contributed by atoms with van der Waals surface area (Å²) in [6.45, 7) is -0.000692. The van der Waals surface area contributed by atoms with E-state index in [0.717, 1.165) is 0 Å². The third-order valence-electron chi connectivity index (χ3n) is 3.80. The molecule has 0 aromatic heterocycles. The van der Waals surface area contributed by atoms with Crippen LogP contribution in [0.1, 0.15) is 5.56 Å². The Balaban J connectivity index is 1.76. The number of benzene rings is 3. The van der Waals surface area contributed by atoms with Gasteiger partial charge in [-0.15, -0.1) is 0 Å². The summed E-state index contributed by atoms with van der Waals surface area (Å²) < 4.78 is 33.5. The predicted molar refractivity (Wildman–Crippen MR) is 118 cm³/mol. The predicted octanol–water partition coefficient (Wildman–Crippen LogP) is 6.15. The largest absolute Gasteiger partial charge is 0.457 e. The summed E-state index contributed by atoms with van der Waals surface area (Å²) in [6, 6.07) is 14.4. The fourth-order valence-corrected chi connectivity index (χ4v) is 4.80. The lowest BCUT2D eigenvalue weighted by molar-refractivity contribution is 0.482. The summed E-state index contributed by atoms with van der Waals surface area (Å²) in [5.41, 5.74) is 6.41. The van der Waals surface area contributed by atoms with Gasteiger partial charge in [0, 0.05) is 17.6 Å². The van der Waals surface area contributed by atoms with Crippen LogP contribution in [-0.2, 0) is 16.6 Å². The molecule has 0 aliphatic heterocycles. The van der Waals surface area contributed by atoms with Crippen LogP contribution in [0.4, 0.5) is 5.69 Å². The van der Waals surface area contributed by atoms with E-state index in [2.05, 4.69) is 4.72 Å². The van der Waals surface area contributed by atoms with Crippen molar-refractivity contribution in [3.63, 3.8) is 0 Å². The Labute approximate surface area is 188 Å². The molecule has 0 amide bonds. The Bertz CT molecular complexity index is 1150. The Morgan fingerprint density at radius 1 is 0.862 bits per heavy atom. The number of nitrogen functional groups attached to an aromatic ring is 1. The molecule has 10 heteroatoms. The zero-order chi connectivity index (χ0) is 21.2. The van der Waals surface area contributed by atoms with Gasteiger partial charge in [0.1, 0.15) is 16.4 Å². The van der Waals surface area contributed by atoms with Gasteiger partial charge in [0.25, 0.3) is 0 Å². The maximum Gasteiger partial charge on any atom is 0.244 e. The second-order valence-corrected chi connectivity index (χ2v) is 9.32. The molecule has 0 atom stereocenters. The van der Waals surface area contributed by atoms with E-state index in [0.29, 0.717) is 27.1 Å². The quantitative estimate of drug-likeness (QED) is 0.405. The first-order valence-corrected chi connectivity index (χ1v) is 11.1. The average Bonchev–Trinajstić information content (AvgIpc) is 2.62. The molecular formula is C19H14Cl4N2O3S. The molecule has 0 aliphatic carbocycles. The van der Waals surface area contributed by atoms with Crippen LogP contribution in [0.5, 0.6) is 11.5 Å². The molecule has 0 fully saturated rings. The highest BCUT2D eigenvalue weighted by molar-refractivity contribution is 7.89. The monoisotopic (exact) mass is 490 g/mol. The topological polar surface area (TPSA) is 81.4 Å². The number of nitrogens with two attached hydrogens (primary N) is 1. The first kappa shape index (κ1) is 22.0. The minimum atomic E-state index is -3.96. The van der Waals surface area contributed by atoms with Gasteiger partial charge < -0.3 is 10.5 Å². The van der Waals surface area contributed by atoms with Crippen LogP contribution in [0, 0.1) is 0 Å². The molecule has 0 radical (unpaired) electrons. The Kier molecular flexibility index (Phi) is 6.83. The van der Waals surface area contributed by atoms with E-state index in [1.165, 1.54) is 12.1 Å². The lowest BCUT2D eigenvalue weighted by atomic mass is 10.2. The van der Waals surface area contributed by atoms with E-state index in [9.17, 15) is 8.42 Å². The van der Waals surface area contributed by atoms with Crippen LogP contribution in [0.2, 0.25) is 20.1 Å². The van der Waals surface area contributed by atoms with Crippen LogP contribution in [0.3, 0.4) is 0 Å². The highest BCUT2D eigenvalue weighted by Crippen LogP contribution is 2.32. The van der Waals surface area contributed by atoms with Gasteiger partial charge in [-0.1, -0.05) is 58.5 Å². The third kappa shape index (κ3) is 5.48. The molecule has 0 heterocycles. The van der Waals surface area contributed by atoms with Gasteiger partial charge in [0.2, 0.25) is 10.0 Å². The number of sulfonamides is 1. The minimum absolute atomic E-state index is 0.000692. The molecular weight excluding hydrogens is 478 g/mol. The van der Waals surface area contributed by atoms with Gasteiger partial charge in [-0.05, 0) is 42.0 Å². The smallest absolute Gasteiger partial charge is 0.244 e. The van der Waals surface area contributed by atoms with Gasteiger partial charge in [-0.25, -0.2) is 13.1 Å². The van der Waals surface area contributed by atoms with Crippen molar-refractivity contribution < 1.29 is 13.2 Å². The van der Waals surface area contributed by atoms with Gasteiger partial charge in [0.15, 0.2) is 0 Å². The van der Waals surface area contributed by atoms with E-state index >= 15 is 0 Å². The van der Waals surface area contributed by atoms with Gasteiger partial charge in [-0.2, -0.15) is 0 Å². The number of rotatable bonds is 6. The average molecular weight is 492 g/mol. The van der Waals surface area contributed by atoms with Crippen molar-refractivity contribution in [2.24, 2.45) is 0 Å². The normalized spacial score (nSPS) is 11.4. The molecule has 0 saturated carbocycles. The number of nitrogens with one attached hydrogen (secondary N) is 1. The van der Waals surface area contributed by atoms with E-state index in [-0.39, 0.29) is 27.2 Å². The number of anilines is 1. The molecule has 0 saturated heterocycles. The summed E-state index contributed by atoms with van der Waals surface area (Å²) in [4.78, 5) is -0.216. The highest BCUT2D eigenvalue weighted by atomic mass is 35.5. The molecule has 3 aromatic carbocycles. The fraction of sp³-hybridized carbons (Fsp3) is 0.0526. The number of hydrogen-bond acceptors (Lipinski definition) is 4. The maximum atomic E-state index is 12.6. The first-order chi connectivity index (χ1) is 13.7. The van der Waals surface area contributed by atoms with Crippen LogP contribution < -0.4 is 15.2 Å². The minimum Gasteiger partial charge on any atom is -0.457 e. The second-order valence-electron chi connectivity index (χ2n) is 5.96. The van der Waals surface area contributed by atoms with E-state index < -0.39 is 10.0 Å². The second kappa shape index (κ2) is 9.00. The molecule has 5 nitrogen and oxygen atoms in total. The molecule has 29 heavy (non-hydrogen) atoms. The number of halogens is 4. The molecule has 3 N–H and O–H groups in total.